The Bertz CT molecular complexity index is 571. The molecule has 1 aromatic carbocycles. The Morgan fingerprint density at radius 1 is 1.32 bits per heavy atom. The van der Waals surface area contributed by atoms with Gasteiger partial charge in [0.15, 0.2) is 5.60 Å². The second-order valence-electron chi connectivity index (χ2n) is 4.32. The topological polar surface area (TPSA) is 52.6 Å². The highest BCUT2D eigenvalue weighted by atomic mass is 16.6. The van der Waals surface area contributed by atoms with Gasteiger partial charge < -0.3 is 9.47 Å². The summed E-state index contributed by atoms with van der Waals surface area (Å²) in [4.78, 5) is 23.4. The SMILES string of the molecule is C=C(C)C1(c2ccccc2)C=C(C(=O)OC)C(=O)O1. The van der Waals surface area contributed by atoms with Crippen molar-refractivity contribution in [1.82, 2.24) is 0 Å². The van der Waals surface area contributed by atoms with Gasteiger partial charge in [-0.2, -0.15) is 0 Å². The maximum absolute atomic E-state index is 11.8. The van der Waals surface area contributed by atoms with Crippen LogP contribution in [0.2, 0.25) is 0 Å². The van der Waals surface area contributed by atoms with Crippen molar-refractivity contribution in [1.29, 1.82) is 0 Å². The fourth-order valence-corrected chi connectivity index (χ4v) is 2.03. The van der Waals surface area contributed by atoms with Gasteiger partial charge in [-0.15, -0.1) is 0 Å². The van der Waals surface area contributed by atoms with Crippen molar-refractivity contribution in [3.63, 3.8) is 0 Å². The molecule has 0 aromatic heterocycles. The van der Waals surface area contributed by atoms with Crippen LogP contribution >= 0.6 is 0 Å². The van der Waals surface area contributed by atoms with E-state index in [2.05, 4.69) is 11.3 Å². The molecule has 2 rings (SSSR count). The lowest BCUT2D eigenvalue weighted by Gasteiger charge is -2.27. The number of carbonyl (C=O) groups excluding carboxylic acids is 2. The molecule has 1 atom stereocenters. The third-order valence-electron chi connectivity index (χ3n) is 3.06. The number of carbonyl (C=O) groups is 2. The third kappa shape index (κ3) is 2.05. The van der Waals surface area contributed by atoms with Crippen LogP contribution < -0.4 is 0 Å². The molecule has 0 radical (unpaired) electrons. The zero-order chi connectivity index (χ0) is 14.0. The molecule has 0 saturated heterocycles. The molecule has 4 nitrogen and oxygen atoms in total. The Morgan fingerprint density at radius 2 is 1.95 bits per heavy atom. The first kappa shape index (κ1) is 13.1. The minimum atomic E-state index is -1.10. The number of benzene rings is 1. The van der Waals surface area contributed by atoms with E-state index in [1.165, 1.54) is 13.2 Å². The van der Waals surface area contributed by atoms with E-state index in [9.17, 15) is 9.59 Å². The van der Waals surface area contributed by atoms with Gasteiger partial charge in [0.1, 0.15) is 5.57 Å². The number of hydrogen-bond acceptors (Lipinski definition) is 4. The summed E-state index contributed by atoms with van der Waals surface area (Å²) in [6, 6.07) is 9.16. The first-order valence-corrected chi connectivity index (χ1v) is 5.77. The second kappa shape index (κ2) is 4.72. The van der Waals surface area contributed by atoms with Crippen LogP contribution in [-0.4, -0.2) is 19.0 Å². The maximum Gasteiger partial charge on any atom is 0.346 e. The Morgan fingerprint density at radius 3 is 2.47 bits per heavy atom. The van der Waals surface area contributed by atoms with Gasteiger partial charge in [-0.3, -0.25) is 0 Å². The molecule has 0 N–H and O–H groups in total. The minimum absolute atomic E-state index is 0.102. The summed E-state index contributed by atoms with van der Waals surface area (Å²) >= 11 is 0. The van der Waals surface area contributed by atoms with Crippen molar-refractivity contribution in [2.75, 3.05) is 7.11 Å². The molecule has 98 valence electrons. The third-order valence-corrected chi connectivity index (χ3v) is 3.06. The van der Waals surface area contributed by atoms with Crippen LogP contribution in [0.5, 0.6) is 0 Å². The van der Waals surface area contributed by atoms with Gasteiger partial charge in [-0.1, -0.05) is 36.9 Å². The summed E-state index contributed by atoms with van der Waals surface area (Å²) in [6.45, 7) is 5.61. The molecule has 4 heteroatoms. The van der Waals surface area contributed by atoms with Crippen LogP contribution in [0.1, 0.15) is 12.5 Å². The summed E-state index contributed by atoms with van der Waals surface area (Å²) in [5.41, 5.74) is 0.164. The lowest BCUT2D eigenvalue weighted by molar-refractivity contribution is -0.148. The molecule has 0 bridgehead atoms. The molecule has 0 fully saturated rings. The van der Waals surface area contributed by atoms with Crippen molar-refractivity contribution in [3.05, 3.63) is 59.7 Å². The van der Waals surface area contributed by atoms with Gasteiger partial charge in [-0.25, -0.2) is 9.59 Å². The van der Waals surface area contributed by atoms with Crippen LogP contribution in [-0.2, 0) is 24.7 Å². The highest BCUT2D eigenvalue weighted by molar-refractivity contribution is 6.16. The van der Waals surface area contributed by atoms with Crippen molar-refractivity contribution < 1.29 is 19.1 Å². The van der Waals surface area contributed by atoms with Crippen LogP contribution in [0.4, 0.5) is 0 Å². The molecule has 1 aliphatic rings. The van der Waals surface area contributed by atoms with Crippen LogP contribution in [0.3, 0.4) is 0 Å². The fourth-order valence-electron chi connectivity index (χ4n) is 2.03. The highest BCUT2D eigenvalue weighted by Crippen LogP contribution is 2.40. The zero-order valence-electron chi connectivity index (χ0n) is 10.8. The number of methoxy groups -OCH3 is 1. The summed E-state index contributed by atoms with van der Waals surface area (Å²) < 4.78 is 9.98. The van der Waals surface area contributed by atoms with Gasteiger partial charge in [0.05, 0.1) is 7.11 Å². The number of hydrogen-bond donors (Lipinski definition) is 0. The molecular weight excluding hydrogens is 244 g/mol. The smallest absolute Gasteiger partial charge is 0.346 e. The van der Waals surface area contributed by atoms with Gasteiger partial charge in [0.2, 0.25) is 0 Å². The Hall–Kier alpha value is -2.36. The Kier molecular flexibility index (Phi) is 3.25. The summed E-state index contributed by atoms with van der Waals surface area (Å²) in [5.74, 6) is -1.40. The number of cyclic esters (lactones) is 1. The van der Waals surface area contributed by atoms with E-state index in [1.807, 2.05) is 30.3 Å². The molecular formula is C15H14O4. The van der Waals surface area contributed by atoms with E-state index in [1.54, 1.807) is 6.92 Å². The number of ether oxygens (including phenoxy) is 2. The molecule has 0 saturated carbocycles. The van der Waals surface area contributed by atoms with E-state index in [-0.39, 0.29) is 5.57 Å². The molecule has 1 unspecified atom stereocenters. The predicted octanol–water partition coefficient (Wildman–Crippen LogP) is 2.11. The van der Waals surface area contributed by atoms with E-state index in [4.69, 9.17) is 4.74 Å². The fraction of sp³-hybridized carbons (Fsp3) is 0.200. The first-order valence-electron chi connectivity index (χ1n) is 5.77. The highest BCUT2D eigenvalue weighted by Gasteiger charge is 2.45. The quantitative estimate of drug-likeness (QED) is 0.473. The molecule has 0 aliphatic carbocycles. The van der Waals surface area contributed by atoms with Gasteiger partial charge in [-0.05, 0) is 18.6 Å². The second-order valence-corrected chi connectivity index (χ2v) is 4.32. The first-order chi connectivity index (χ1) is 9.01. The van der Waals surface area contributed by atoms with E-state index in [0.29, 0.717) is 5.57 Å². The number of rotatable bonds is 3. The minimum Gasteiger partial charge on any atom is -0.465 e. The van der Waals surface area contributed by atoms with Crippen molar-refractivity contribution in [2.24, 2.45) is 0 Å². The molecule has 0 amide bonds. The van der Waals surface area contributed by atoms with Crippen LogP contribution in [0.15, 0.2) is 54.1 Å². The molecule has 1 aliphatic heterocycles. The average Bonchev–Trinajstić information content (AvgIpc) is 2.78. The standard InChI is InChI=1S/C15H14O4/c1-10(2)15(11-7-5-4-6-8-11)9-12(13(16)18-3)14(17)19-15/h4-9H,1H2,2-3H3. The van der Waals surface area contributed by atoms with Gasteiger partial charge in [0, 0.05) is 5.56 Å². The number of esters is 2. The lowest BCUT2D eigenvalue weighted by Crippen LogP contribution is -2.26. The van der Waals surface area contributed by atoms with E-state index >= 15 is 0 Å². The molecule has 0 spiro atoms. The van der Waals surface area contributed by atoms with Gasteiger partial charge >= 0.3 is 11.9 Å². The Labute approximate surface area is 111 Å². The normalized spacial score (nSPS) is 21.6. The Balaban J connectivity index is 2.56. The van der Waals surface area contributed by atoms with Gasteiger partial charge in [0.25, 0.3) is 0 Å². The summed E-state index contributed by atoms with van der Waals surface area (Å²) in [7, 11) is 1.22. The van der Waals surface area contributed by atoms with Crippen molar-refractivity contribution in [3.8, 4) is 0 Å². The summed E-state index contributed by atoms with van der Waals surface area (Å²) in [6.07, 6.45) is 1.47. The van der Waals surface area contributed by atoms with E-state index < -0.39 is 17.5 Å². The zero-order valence-corrected chi connectivity index (χ0v) is 10.8. The van der Waals surface area contributed by atoms with Crippen molar-refractivity contribution in [2.45, 2.75) is 12.5 Å². The predicted molar refractivity (Wildman–Crippen MR) is 69.1 cm³/mol. The molecule has 19 heavy (non-hydrogen) atoms. The summed E-state index contributed by atoms with van der Waals surface area (Å²) in [5, 5.41) is 0. The van der Waals surface area contributed by atoms with Crippen molar-refractivity contribution >= 4 is 11.9 Å². The lowest BCUT2D eigenvalue weighted by atomic mass is 9.87. The average molecular weight is 258 g/mol. The largest absolute Gasteiger partial charge is 0.465 e. The van der Waals surface area contributed by atoms with E-state index in [0.717, 1.165) is 5.56 Å². The molecule has 1 heterocycles. The van der Waals surface area contributed by atoms with Crippen LogP contribution in [0, 0.1) is 0 Å². The maximum atomic E-state index is 11.8. The monoisotopic (exact) mass is 258 g/mol. The molecule has 1 aromatic rings. The van der Waals surface area contributed by atoms with Crippen LogP contribution in [0.25, 0.3) is 0 Å².